The Morgan fingerprint density at radius 2 is 1.97 bits per heavy atom. The van der Waals surface area contributed by atoms with Crippen LogP contribution in [0.3, 0.4) is 0 Å². The zero-order chi connectivity index (χ0) is 21.3. The highest BCUT2D eigenvalue weighted by molar-refractivity contribution is 5.76. The molecule has 0 saturated carbocycles. The van der Waals surface area contributed by atoms with Crippen molar-refractivity contribution in [3.05, 3.63) is 34.6 Å². The Balaban J connectivity index is 1.72. The van der Waals surface area contributed by atoms with Crippen LogP contribution in [0.1, 0.15) is 6.42 Å². The second kappa shape index (κ2) is 10.6. The van der Waals surface area contributed by atoms with Crippen molar-refractivity contribution in [3.63, 3.8) is 0 Å². The molecule has 162 valence electrons. The lowest BCUT2D eigenvalue weighted by atomic mass is 10.2. The van der Waals surface area contributed by atoms with Gasteiger partial charge in [0.25, 0.3) is 0 Å². The van der Waals surface area contributed by atoms with Crippen LogP contribution < -0.4 is 20.1 Å². The van der Waals surface area contributed by atoms with Crippen molar-refractivity contribution in [2.45, 2.75) is 6.42 Å². The molecule has 1 aromatic carbocycles. The summed E-state index contributed by atoms with van der Waals surface area (Å²) < 4.78 is 15.9. The SMILES string of the molecule is COc1ccc(OC)c(Nc2ncnc(NCCCN3CCOCC3)c2[N+](=O)[O-])c1. The van der Waals surface area contributed by atoms with Crippen LogP contribution in [0.25, 0.3) is 0 Å². The number of nitrogens with one attached hydrogen (secondary N) is 2. The highest BCUT2D eigenvalue weighted by Crippen LogP contribution is 2.36. The average Bonchev–Trinajstić information content (AvgIpc) is 2.77. The van der Waals surface area contributed by atoms with E-state index in [1.54, 1.807) is 18.2 Å². The molecule has 1 fully saturated rings. The quantitative estimate of drug-likeness (QED) is 0.337. The second-order valence-electron chi connectivity index (χ2n) is 6.60. The first-order valence-corrected chi connectivity index (χ1v) is 9.64. The van der Waals surface area contributed by atoms with Gasteiger partial charge in [-0.3, -0.25) is 15.0 Å². The topological polar surface area (TPSA) is 124 Å². The summed E-state index contributed by atoms with van der Waals surface area (Å²) in [7, 11) is 3.06. The smallest absolute Gasteiger partial charge is 0.353 e. The predicted octanol–water partition coefficient (Wildman–Crippen LogP) is 2.28. The molecule has 0 atom stereocenters. The van der Waals surface area contributed by atoms with Crippen LogP contribution in [0.4, 0.5) is 23.0 Å². The molecular formula is C19H26N6O5. The van der Waals surface area contributed by atoms with Crippen LogP contribution in [0.2, 0.25) is 0 Å². The van der Waals surface area contributed by atoms with Crippen molar-refractivity contribution in [2.75, 3.05) is 64.2 Å². The van der Waals surface area contributed by atoms with Crippen LogP contribution >= 0.6 is 0 Å². The van der Waals surface area contributed by atoms with Crippen molar-refractivity contribution in [1.82, 2.24) is 14.9 Å². The van der Waals surface area contributed by atoms with Crippen molar-refractivity contribution < 1.29 is 19.1 Å². The van der Waals surface area contributed by atoms with Gasteiger partial charge in [0, 0.05) is 25.7 Å². The van der Waals surface area contributed by atoms with Crippen LogP contribution in [0, 0.1) is 10.1 Å². The minimum absolute atomic E-state index is 0.0669. The molecule has 11 nitrogen and oxygen atoms in total. The van der Waals surface area contributed by atoms with E-state index in [0.29, 0.717) is 23.7 Å². The fourth-order valence-electron chi connectivity index (χ4n) is 3.15. The minimum Gasteiger partial charge on any atom is -0.497 e. The first kappa shape index (κ1) is 21.5. The van der Waals surface area contributed by atoms with Gasteiger partial charge in [-0.05, 0) is 25.1 Å². The van der Waals surface area contributed by atoms with Crippen molar-refractivity contribution >= 4 is 23.0 Å². The highest BCUT2D eigenvalue weighted by atomic mass is 16.6. The maximum Gasteiger partial charge on any atom is 0.353 e. The maximum absolute atomic E-state index is 11.8. The number of rotatable bonds is 10. The lowest BCUT2D eigenvalue weighted by Crippen LogP contribution is -2.37. The molecule has 0 spiro atoms. The molecule has 1 saturated heterocycles. The summed E-state index contributed by atoms with van der Waals surface area (Å²) in [4.78, 5) is 21.7. The van der Waals surface area contributed by atoms with Crippen molar-refractivity contribution in [1.29, 1.82) is 0 Å². The van der Waals surface area contributed by atoms with Gasteiger partial charge in [0.2, 0.25) is 11.6 Å². The Kier molecular flexibility index (Phi) is 7.57. The third kappa shape index (κ3) is 5.45. The fraction of sp³-hybridized carbons (Fsp3) is 0.474. The normalized spacial score (nSPS) is 14.2. The van der Waals surface area contributed by atoms with E-state index in [0.717, 1.165) is 39.3 Å². The summed E-state index contributed by atoms with van der Waals surface area (Å²) in [5.74, 6) is 1.32. The van der Waals surface area contributed by atoms with E-state index >= 15 is 0 Å². The third-order valence-corrected chi connectivity index (χ3v) is 4.71. The molecule has 0 unspecified atom stereocenters. The summed E-state index contributed by atoms with van der Waals surface area (Å²) in [5.41, 5.74) is 0.269. The Morgan fingerprint density at radius 3 is 2.67 bits per heavy atom. The first-order chi connectivity index (χ1) is 14.6. The first-order valence-electron chi connectivity index (χ1n) is 9.64. The Bertz CT molecular complexity index is 859. The monoisotopic (exact) mass is 418 g/mol. The van der Waals surface area contributed by atoms with E-state index in [1.165, 1.54) is 20.5 Å². The molecule has 2 heterocycles. The zero-order valence-corrected chi connectivity index (χ0v) is 17.1. The molecule has 0 aliphatic carbocycles. The molecule has 1 aliphatic rings. The number of methoxy groups -OCH3 is 2. The van der Waals surface area contributed by atoms with E-state index in [4.69, 9.17) is 14.2 Å². The predicted molar refractivity (Wildman–Crippen MR) is 112 cm³/mol. The van der Waals surface area contributed by atoms with E-state index < -0.39 is 4.92 Å². The fourth-order valence-corrected chi connectivity index (χ4v) is 3.15. The van der Waals surface area contributed by atoms with Crippen LogP contribution in [0.15, 0.2) is 24.5 Å². The number of benzene rings is 1. The molecular weight excluding hydrogens is 392 g/mol. The number of ether oxygens (including phenoxy) is 3. The molecule has 2 aromatic rings. The van der Waals surface area contributed by atoms with Gasteiger partial charge in [-0.2, -0.15) is 0 Å². The molecule has 2 N–H and O–H groups in total. The summed E-state index contributed by atoms with van der Waals surface area (Å²) in [6.45, 7) is 4.74. The van der Waals surface area contributed by atoms with Gasteiger partial charge in [0.05, 0.1) is 38.0 Å². The Morgan fingerprint density at radius 1 is 1.20 bits per heavy atom. The number of morpholine rings is 1. The average molecular weight is 418 g/mol. The van der Waals surface area contributed by atoms with Gasteiger partial charge >= 0.3 is 5.69 Å². The lowest BCUT2D eigenvalue weighted by molar-refractivity contribution is -0.383. The van der Waals surface area contributed by atoms with E-state index in [-0.39, 0.29) is 17.3 Å². The second-order valence-corrected chi connectivity index (χ2v) is 6.60. The number of hydrogen-bond donors (Lipinski definition) is 2. The van der Waals surface area contributed by atoms with E-state index in [2.05, 4.69) is 25.5 Å². The number of nitro groups is 1. The standard InChI is InChI=1S/C19H26N6O5/c1-28-14-4-5-16(29-2)15(12-14)23-19-17(25(26)27)18(21-13-22-19)20-6-3-7-24-8-10-30-11-9-24/h4-5,12-13H,3,6-11H2,1-2H3,(H2,20,21,22,23). The van der Waals surface area contributed by atoms with E-state index in [1.807, 2.05) is 0 Å². The number of anilines is 3. The van der Waals surface area contributed by atoms with Crippen molar-refractivity contribution in [3.8, 4) is 11.5 Å². The number of hydrogen-bond acceptors (Lipinski definition) is 10. The summed E-state index contributed by atoms with van der Waals surface area (Å²) in [5, 5.41) is 17.8. The number of aromatic nitrogens is 2. The lowest BCUT2D eigenvalue weighted by Gasteiger charge is -2.26. The van der Waals surface area contributed by atoms with E-state index in [9.17, 15) is 10.1 Å². The maximum atomic E-state index is 11.8. The van der Waals surface area contributed by atoms with Gasteiger partial charge in [-0.1, -0.05) is 0 Å². The van der Waals surface area contributed by atoms with Gasteiger partial charge in [-0.15, -0.1) is 0 Å². The van der Waals surface area contributed by atoms with Crippen LogP contribution in [0.5, 0.6) is 11.5 Å². The Hall–Kier alpha value is -3.18. The molecule has 11 heteroatoms. The molecule has 0 amide bonds. The molecule has 0 radical (unpaired) electrons. The molecule has 3 rings (SSSR count). The van der Waals surface area contributed by atoms with Crippen molar-refractivity contribution in [2.24, 2.45) is 0 Å². The summed E-state index contributed by atoms with van der Waals surface area (Å²) in [6, 6.07) is 5.12. The third-order valence-electron chi connectivity index (χ3n) is 4.71. The highest BCUT2D eigenvalue weighted by Gasteiger charge is 2.24. The van der Waals surface area contributed by atoms with Gasteiger partial charge in [0.1, 0.15) is 17.8 Å². The molecule has 0 bridgehead atoms. The molecule has 1 aromatic heterocycles. The largest absolute Gasteiger partial charge is 0.497 e. The van der Waals surface area contributed by atoms with Gasteiger partial charge in [-0.25, -0.2) is 9.97 Å². The minimum atomic E-state index is -0.501. The van der Waals surface area contributed by atoms with Gasteiger partial charge < -0.3 is 24.8 Å². The van der Waals surface area contributed by atoms with Crippen LogP contribution in [-0.4, -0.2) is 73.4 Å². The Labute approximate surface area is 174 Å². The summed E-state index contributed by atoms with van der Waals surface area (Å²) in [6.07, 6.45) is 2.11. The number of nitrogens with zero attached hydrogens (tertiary/aromatic N) is 4. The molecule has 1 aliphatic heterocycles. The van der Waals surface area contributed by atoms with Crippen LogP contribution in [-0.2, 0) is 4.74 Å². The summed E-state index contributed by atoms with van der Waals surface area (Å²) >= 11 is 0. The zero-order valence-electron chi connectivity index (χ0n) is 17.1. The van der Waals surface area contributed by atoms with Gasteiger partial charge in [0.15, 0.2) is 0 Å². The molecule has 30 heavy (non-hydrogen) atoms.